The van der Waals surface area contributed by atoms with Gasteiger partial charge in [-0.05, 0) is 20.8 Å². The molecular weight excluding hydrogens is 468 g/mol. The highest BCUT2D eigenvalue weighted by molar-refractivity contribution is 9.10. The maximum absolute atomic E-state index is 11.8. The molecule has 0 bridgehead atoms. The normalized spacial score (nSPS) is 13.7. The van der Waals surface area contributed by atoms with Crippen LogP contribution in [0.2, 0.25) is 0 Å². The third-order valence-corrected chi connectivity index (χ3v) is 3.78. The molecule has 2 unspecified atom stereocenters. The molecule has 2 atom stereocenters. The van der Waals surface area contributed by atoms with Crippen molar-refractivity contribution >= 4 is 27.9 Å². The Morgan fingerprint density at radius 3 is 1.77 bits per heavy atom. The molecule has 0 aliphatic rings. The van der Waals surface area contributed by atoms with E-state index in [0.717, 1.165) is 0 Å². The molecule has 0 fully saturated rings. The van der Waals surface area contributed by atoms with Crippen LogP contribution in [0, 0.1) is 5.92 Å². The number of halogens is 1. The number of aliphatic hydroxyl groups is 2. The molecular formula is C19H35BrO10. The molecule has 0 rings (SSSR count). The highest BCUT2D eigenvalue weighted by atomic mass is 79.9. The van der Waals surface area contributed by atoms with E-state index >= 15 is 0 Å². The van der Waals surface area contributed by atoms with Gasteiger partial charge in [-0.2, -0.15) is 0 Å². The molecule has 30 heavy (non-hydrogen) atoms. The van der Waals surface area contributed by atoms with Gasteiger partial charge in [0.1, 0.15) is 23.6 Å². The van der Waals surface area contributed by atoms with Crippen LogP contribution in [0.3, 0.4) is 0 Å². The summed E-state index contributed by atoms with van der Waals surface area (Å²) in [5.41, 5.74) is 0. The molecule has 178 valence electrons. The van der Waals surface area contributed by atoms with Crippen LogP contribution in [0.4, 0.5) is 0 Å². The third-order valence-electron chi connectivity index (χ3n) is 3.46. The number of hydrogen-bond acceptors (Lipinski definition) is 10. The zero-order chi connectivity index (χ0) is 22.8. The fourth-order valence-corrected chi connectivity index (χ4v) is 1.83. The molecule has 0 radical (unpaired) electrons. The minimum absolute atomic E-state index is 0.0415. The first-order valence-corrected chi connectivity index (χ1v) is 10.6. The van der Waals surface area contributed by atoms with Gasteiger partial charge in [-0.3, -0.25) is 9.59 Å². The summed E-state index contributed by atoms with van der Waals surface area (Å²) < 4.78 is 30.3. The number of carbonyl (C=O) groups is 2. The predicted octanol–water partition coefficient (Wildman–Crippen LogP) is 0.302. The Labute approximate surface area is 186 Å². The SMILES string of the molecule is CC(COC(=O)C(C)(C)Br)C(=O)OCCOCCOCCOCCOCC(O)CO. The van der Waals surface area contributed by atoms with E-state index in [1.807, 2.05) is 0 Å². The average molecular weight is 503 g/mol. The van der Waals surface area contributed by atoms with Crippen LogP contribution in [0.15, 0.2) is 0 Å². The second kappa shape index (κ2) is 17.8. The van der Waals surface area contributed by atoms with Gasteiger partial charge in [-0.1, -0.05) is 15.9 Å². The zero-order valence-corrected chi connectivity index (χ0v) is 19.6. The first-order valence-electron chi connectivity index (χ1n) is 9.81. The van der Waals surface area contributed by atoms with Gasteiger partial charge in [0.05, 0.1) is 65.4 Å². The van der Waals surface area contributed by atoms with E-state index in [2.05, 4.69) is 15.9 Å². The van der Waals surface area contributed by atoms with Crippen molar-refractivity contribution in [3.8, 4) is 0 Å². The number of aliphatic hydroxyl groups excluding tert-OH is 2. The minimum Gasteiger partial charge on any atom is -0.464 e. The van der Waals surface area contributed by atoms with Crippen molar-refractivity contribution in [2.24, 2.45) is 5.92 Å². The van der Waals surface area contributed by atoms with Gasteiger partial charge in [-0.25, -0.2) is 0 Å². The first-order chi connectivity index (χ1) is 14.2. The summed E-state index contributed by atoms with van der Waals surface area (Å²) in [6.45, 7) is 7.24. The monoisotopic (exact) mass is 502 g/mol. The van der Waals surface area contributed by atoms with Gasteiger partial charge in [0.15, 0.2) is 0 Å². The Bertz CT molecular complexity index is 455. The predicted molar refractivity (Wildman–Crippen MR) is 110 cm³/mol. The van der Waals surface area contributed by atoms with Crippen molar-refractivity contribution in [2.75, 3.05) is 72.7 Å². The largest absolute Gasteiger partial charge is 0.464 e. The molecule has 10 nitrogen and oxygen atoms in total. The van der Waals surface area contributed by atoms with Crippen LogP contribution in [-0.2, 0) is 38.0 Å². The van der Waals surface area contributed by atoms with Crippen molar-refractivity contribution in [2.45, 2.75) is 31.2 Å². The van der Waals surface area contributed by atoms with Crippen molar-refractivity contribution in [3.05, 3.63) is 0 Å². The maximum atomic E-state index is 11.8. The number of ether oxygens (including phenoxy) is 6. The average Bonchev–Trinajstić information content (AvgIpc) is 2.70. The van der Waals surface area contributed by atoms with Crippen molar-refractivity contribution in [3.63, 3.8) is 0 Å². The molecule has 0 aromatic rings. The Hall–Kier alpha value is -0.820. The third kappa shape index (κ3) is 16.9. The Balaban J connectivity index is 3.43. The van der Waals surface area contributed by atoms with Gasteiger partial charge in [0, 0.05) is 0 Å². The Morgan fingerprint density at radius 2 is 1.30 bits per heavy atom. The quantitative estimate of drug-likeness (QED) is 0.144. The Morgan fingerprint density at radius 1 is 0.833 bits per heavy atom. The number of hydrogen-bond donors (Lipinski definition) is 2. The molecule has 0 aliphatic heterocycles. The van der Waals surface area contributed by atoms with Gasteiger partial charge < -0.3 is 38.6 Å². The molecule has 0 aromatic carbocycles. The molecule has 0 amide bonds. The molecule has 0 aliphatic carbocycles. The van der Waals surface area contributed by atoms with E-state index in [-0.39, 0.29) is 33.0 Å². The summed E-state index contributed by atoms with van der Waals surface area (Å²) in [6.07, 6.45) is -0.864. The molecule has 0 aromatic heterocycles. The summed E-state index contributed by atoms with van der Waals surface area (Å²) in [4.78, 5) is 23.4. The van der Waals surface area contributed by atoms with E-state index in [1.165, 1.54) is 0 Å². The van der Waals surface area contributed by atoms with Crippen molar-refractivity contribution < 1.29 is 48.2 Å². The highest BCUT2D eigenvalue weighted by Crippen LogP contribution is 2.18. The van der Waals surface area contributed by atoms with Gasteiger partial charge >= 0.3 is 11.9 Å². The van der Waals surface area contributed by atoms with Crippen LogP contribution < -0.4 is 0 Å². The number of alkyl halides is 1. The number of esters is 2. The number of rotatable bonds is 19. The fourth-order valence-electron chi connectivity index (χ4n) is 1.72. The maximum Gasteiger partial charge on any atom is 0.322 e. The zero-order valence-electron chi connectivity index (χ0n) is 18.0. The molecule has 0 spiro atoms. The van der Waals surface area contributed by atoms with Crippen LogP contribution in [0.1, 0.15) is 20.8 Å². The fraction of sp³-hybridized carbons (Fsp3) is 0.895. The summed E-state index contributed by atoms with van der Waals surface area (Å²) >= 11 is 3.19. The van der Waals surface area contributed by atoms with Crippen LogP contribution in [0.25, 0.3) is 0 Å². The topological polar surface area (TPSA) is 130 Å². The van der Waals surface area contributed by atoms with Crippen molar-refractivity contribution in [1.82, 2.24) is 0 Å². The Kier molecular flexibility index (Phi) is 17.3. The summed E-state index contributed by atoms with van der Waals surface area (Å²) in [6, 6.07) is 0. The molecule has 2 N–H and O–H groups in total. The van der Waals surface area contributed by atoms with Crippen molar-refractivity contribution in [1.29, 1.82) is 0 Å². The molecule has 11 heteroatoms. The van der Waals surface area contributed by atoms with E-state index < -0.39 is 28.3 Å². The summed E-state index contributed by atoms with van der Waals surface area (Å²) in [5, 5.41) is 17.7. The van der Waals surface area contributed by atoms with Crippen LogP contribution in [0.5, 0.6) is 0 Å². The lowest BCUT2D eigenvalue weighted by atomic mass is 10.2. The van der Waals surface area contributed by atoms with Crippen LogP contribution >= 0.6 is 15.9 Å². The lowest BCUT2D eigenvalue weighted by molar-refractivity contribution is -0.156. The smallest absolute Gasteiger partial charge is 0.322 e. The van der Waals surface area contributed by atoms with E-state index in [9.17, 15) is 9.59 Å². The standard InChI is InChI=1S/C19H35BrO10/c1-15(13-30-18(24)19(2,3)20)17(23)29-11-10-27-7-6-25-4-5-26-8-9-28-14-16(22)12-21/h15-16,21-22H,4-14H2,1-3H3. The molecule has 0 heterocycles. The van der Waals surface area contributed by atoms with E-state index in [1.54, 1.807) is 20.8 Å². The minimum atomic E-state index is -0.864. The van der Waals surface area contributed by atoms with Crippen LogP contribution in [-0.4, -0.2) is 105 Å². The van der Waals surface area contributed by atoms with Gasteiger partial charge in [-0.15, -0.1) is 0 Å². The van der Waals surface area contributed by atoms with Gasteiger partial charge in [0.25, 0.3) is 0 Å². The lowest BCUT2D eigenvalue weighted by Crippen LogP contribution is -2.30. The lowest BCUT2D eigenvalue weighted by Gasteiger charge is -2.17. The van der Waals surface area contributed by atoms with Gasteiger partial charge in [0.2, 0.25) is 0 Å². The molecule has 0 saturated heterocycles. The summed E-state index contributed by atoms with van der Waals surface area (Å²) in [5.74, 6) is -1.46. The second-order valence-corrected chi connectivity index (χ2v) is 8.87. The highest BCUT2D eigenvalue weighted by Gasteiger charge is 2.27. The van der Waals surface area contributed by atoms with E-state index in [0.29, 0.717) is 39.6 Å². The first kappa shape index (κ1) is 29.2. The molecule has 0 saturated carbocycles. The number of carbonyl (C=O) groups excluding carboxylic acids is 2. The van der Waals surface area contributed by atoms with E-state index in [4.69, 9.17) is 38.6 Å². The summed E-state index contributed by atoms with van der Waals surface area (Å²) in [7, 11) is 0. The second-order valence-electron chi connectivity index (χ2n) is 6.89.